The Bertz CT molecular complexity index is 985. The van der Waals surface area contributed by atoms with Gasteiger partial charge in [0.05, 0.1) is 23.2 Å². The molecule has 4 N–H and O–H groups in total. The van der Waals surface area contributed by atoms with Gasteiger partial charge in [0.1, 0.15) is 17.9 Å². The minimum atomic E-state index is -0.214. The average Bonchev–Trinajstić information content (AvgIpc) is 3.41. The summed E-state index contributed by atoms with van der Waals surface area (Å²) in [5.74, 6) is 3.29. The number of nitrogens with two attached hydrogens (primary N) is 1. The Hall–Kier alpha value is -3.04. The van der Waals surface area contributed by atoms with E-state index in [1.165, 1.54) is 6.33 Å². The van der Waals surface area contributed by atoms with Crippen molar-refractivity contribution in [3.63, 3.8) is 0 Å². The van der Waals surface area contributed by atoms with Crippen molar-refractivity contribution in [2.75, 3.05) is 17.3 Å². The van der Waals surface area contributed by atoms with Gasteiger partial charge in [-0.1, -0.05) is 13.0 Å². The lowest BCUT2D eigenvalue weighted by Gasteiger charge is -2.23. The zero-order valence-corrected chi connectivity index (χ0v) is 17.0. The molecule has 3 aliphatic rings. The van der Waals surface area contributed by atoms with Gasteiger partial charge in [0.15, 0.2) is 11.6 Å². The molecule has 0 saturated heterocycles. The molecule has 0 bridgehead atoms. The number of hydroxylamine groups is 1. The van der Waals surface area contributed by atoms with Gasteiger partial charge in [-0.25, -0.2) is 25.4 Å². The number of hydrogen-bond acceptors (Lipinski definition) is 9. The molecule has 9 heteroatoms. The molecule has 0 spiro atoms. The third kappa shape index (κ3) is 3.20. The highest BCUT2D eigenvalue weighted by atomic mass is 16.7. The second-order valence-corrected chi connectivity index (χ2v) is 7.85. The van der Waals surface area contributed by atoms with E-state index in [0.717, 1.165) is 60.5 Å². The van der Waals surface area contributed by atoms with Crippen molar-refractivity contribution < 1.29 is 4.84 Å². The number of aryl methyl sites for hydroxylation is 1. The summed E-state index contributed by atoms with van der Waals surface area (Å²) in [7, 11) is 0. The Morgan fingerprint density at radius 2 is 2.03 bits per heavy atom. The Labute approximate surface area is 175 Å². The van der Waals surface area contributed by atoms with E-state index >= 15 is 0 Å². The predicted molar refractivity (Wildman–Crippen MR) is 114 cm³/mol. The summed E-state index contributed by atoms with van der Waals surface area (Å²) in [6, 6.07) is -0.416. The molecule has 2 aromatic heterocycles. The second kappa shape index (κ2) is 7.66. The fraction of sp³-hybridized carbons (Fsp3) is 0.429. The van der Waals surface area contributed by atoms with Crippen LogP contribution in [0, 0.1) is 5.92 Å². The van der Waals surface area contributed by atoms with Gasteiger partial charge < -0.3 is 10.6 Å². The van der Waals surface area contributed by atoms with Gasteiger partial charge in [-0.3, -0.25) is 5.01 Å². The van der Waals surface area contributed by atoms with Crippen molar-refractivity contribution >= 4 is 17.2 Å². The number of fused-ring (bicyclic) bond motifs is 1. The van der Waals surface area contributed by atoms with Crippen LogP contribution in [0.1, 0.15) is 49.2 Å². The van der Waals surface area contributed by atoms with E-state index in [1.807, 2.05) is 23.5 Å². The van der Waals surface area contributed by atoms with E-state index in [4.69, 9.17) is 10.6 Å². The molecule has 4 heterocycles. The molecule has 156 valence electrons. The zero-order chi connectivity index (χ0) is 20.7. The number of aromatic nitrogens is 4. The summed E-state index contributed by atoms with van der Waals surface area (Å²) in [5, 5.41) is 2.01. The van der Waals surface area contributed by atoms with Crippen LogP contribution >= 0.6 is 0 Å². The first kappa shape index (κ1) is 19.0. The van der Waals surface area contributed by atoms with Gasteiger partial charge in [0.2, 0.25) is 0 Å². The smallest absolute Gasteiger partial charge is 0.160 e. The van der Waals surface area contributed by atoms with Crippen molar-refractivity contribution in [3.8, 4) is 0 Å². The molecule has 0 radical (unpaired) electrons. The Morgan fingerprint density at radius 1 is 1.23 bits per heavy atom. The predicted octanol–water partition coefficient (Wildman–Crippen LogP) is 2.08. The van der Waals surface area contributed by atoms with E-state index in [-0.39, 0.29) is 12.1 Å². The standard InChI is InChI=1S/C21H26N8O/c1-3-5-8-29-21-15(19(22)25-11-26-21)16(27-29)17-14(18(30-28-17)13-6-7-13)20-23-9-12(4-2)10-24-20/h3,9-11,13,16-17,27-28H,1,4-8H2,2H3,(H2,22,25,26). The number of nitrogens with one attached hydrogen (secondary N) is 2. The maximum absolute atomic E-state index is 6.30. The highest BCUT2D eigenvalue weighted by Gasteiger charge is 2.46. The van der Waals surface area contributed by atoms with Crippen molar-refractivity contribution in [3.05, 3.63) is 54.1 Å². The van der Waals surface area contributed by atoms with E-state index in [9.17, 15) is 0 Å². The lowest BCUT2D eigenvalue weighted by molar-refractivity contribution is 0.0974. The molecule has 2 aromatic rings. The van der Waals surface area contributed by atoms with Gasteiger partial charge in [0, 0.05) is 24.9 Å². The highest BCUT2D eigenvalue weighted by Crippen LogP contribution is 2.47. The van der Waals surface area contributed by atoms with Gasteiger partial charge in [-0.05, 0) is 31.2 Å². The first-order valence-corrected chi connectivity index (χ1v) is 10.4. The first-order chi connectivity index (χ1) is 14.7. The molecular weight excluding hydrogens is 380 g/mol. The topological polar surface area (TPSA) is 114 Å². The number of nitrogen functional groups attached to an aromatic ring is 1. The average molecular weight is 406 g/mol. The molecule has 30 heavy (non-hydrogen) atoms. The molecular formula is C21H26N8O. The number of rotatable bonds is 7. The third-order valence-corrected chi connectivity index (χ3v) is 5.82. The lowest BCUT2D eigenvalue weighted by Crippen LogP contribution is -2.43. The zero-order valence-electron chi connectivity index (χ0n) is 17.0. The molecule has 5 rings (SSSR count). The van der Waals surface area contributed by atoms with Crippen LogP contribution in [0.15, 0.2) is 37.1 Å². The van der Waals surface area contributed by atoms with E-state index < -0.39 is 0 Å². The molecule has 1 fully saturated rings. The molecule has 2 unspecified atom stereocenters. The van der Waals surface area contributed by atoms with E-state index in [2.05, 4.69) is 44.3 Å². The van der Waals surface area contributed by atoms with Crippen LogP contribution in [0.4, 0.5) is 11.6 Å². The van der Waals surface area contributed by atoms with Crippen LogP contribution in [0.25, 0.3) is 5.57 Å². The summed E-state index contributed by atoms with van der Waals surface area (Å²) >= 11 is 0. The molecule has 0 amide bonds. The Morgan fingerprint density at radius 3 is 2.73 bits per heavy atom. The van der Waals surface area contributed by atoms with E-state index in [0.29, 0.717) is 17.6 Å². The SMILES string of the molecule is C=CCCN1NC(C2NOC(C3CC3)=C2c2ncc(CC)cn2)c2c(N)ncnc21. The lowest BCUT2D eigenvalue weighted by atomic mass is 9.93. The number of allylic oxidation sites excluding steroid dienone is 1. The van der Waals surface area contributed by atoms with Crippen LogP contribution in [0.2, 0.25) is 0 Å². The van der Waals surface area contributed by atoms with Crippen molar-refractivity contribution in [2.24, 2.45) is 5.92 Å². The number of hydrogen-bond donors (Lipinski definition) is 3. The Kier molecular flexibility index (Phi) is 4.84. The monoisotopic (exact) mass is 406 g/mol. The summed E-state index contributed by atoms with van der Waals surface area (Å²) < 4.78 is 0. The minimum absolute atomic E-state index is 0.202. The van der Waals surface area contributed by atoms with Crippen molar-refractivity contribution in [1.82, 2.24) is 30.8 Å². The molecule has 2 atom stereocenters. The quantitative estimate of drug-likeness (QED) is 0.595. The largest absolute Gasteiger partial charge is 0.412 e. The van der Waals surface area contributed by atoms with Crippen molar-refractivity contribution in [2.45, 2.75) is 44.7 Å². The van der Waals surface area contributed by atoms with Gasteiger partial charge in [0.25, 0.3) is 0 Å². The van der Waals surface area contributed by atoms with Crippen LogP contribution < -0.4 is 21.6 Å². The molecule has 0 aromatic carbocycles. The fourth-order valence-corrected chi connectivity index (χ4v) is 4.04. The summed E-state index contributed by atoms with van der Waals surface area (Å²) in [4.78, 5) is 24.0. The number of anilines is 2. The summed E-state index contributed by atoms with van der Waals surface area (Å²) in [6.07, 6.45) is 11.1. The normalized spacial score (nSPS) is 22.9. The van der Waals surface area contributed by atoms with Gasteiger partial charge in [-0.15, -0.1) is 12.1 Å². The number of hydrazine groups is 1. The number of nitrogens with zero attached hydrogens (tertiary/aromatic N) is 5. The molecule has 2 aliphatic heterocycles. The maximum Gasteiger partial charge on any atom is 0.160 e. The first-order valence-electron chi connectivity index (χ1n) is 10.4. The van der Waals surface area contributed by atoms with Crippen molar-refractivity contribution in [1.29, 1.82) is 0 Å². The van der Waals surface area contributed by atoms with Crippen LogP contribution in [-0.4, -0.2) is 32.5 Å². The Balaban J connectivity index is 1.55. The molecule has 1 aliphatic carbocycles. The molecule has 1 saturated carbocycles. The van der Waals surface area contributed by atoms with Crippen LogP contribution in [0.5, 0.6) is 0 Å². The minimum Gasteiger partial charge on any atom is -0.412 e. The van der Waals surface area contributed by atoms with Crippen LogP contribution in [-0.2, 0) is 11.3 Å². The summed E-state index contributed by atoms with van der Waals surface area (Å²) in [6.45, 7) is 6.65. The van der Waals surface area contributed by atoms with E-state index in [1.54, 1.807) is 0 Å². The van der Waals surface area contributed by atoms with Gasteiger partial charge in [-0.2, -0.15) is 0 Å². The highest BCUT2D eigenvalue weighted by molar-refractivity contribution is 5.73. The third-order valence-electron chi connectivity index (χ3n) is 5.82. The second-order valence-electron chi connectivity index (χ2n) is 7.85. The van der Waals surface area contributed by atoms with Gasteiger partial charge >= 0.3 is 0 Å². The van der Waals surface area contributed by atoms with Crippen LogP contribution in [0.3, 0.4) is 0 Å². The summed E-state index contributed by atoms with van der Waals surface area (Å²) in [5.41, 5.74) is 16.0. The molecule has 9 nitrogen and oxygen atoms in total. The fourth-order valence-electron chi connectivity index (χ4n) is 4.04. The maximum atomic E-state index is 6.30.